The van der Waals surface area contributed by atoms with E-state index in [1.807, 2.05) is 6.07 Å². The molecule has 162 valence electrons. The van der Waals surface area contributed by atoms with E-state index in [0.29, 0.717) is 48.6 Å². The molecule has 1 fully saturated rings. The number of benzene rings is 2. The van der Waals surface area contributed by atoms with Crippen molar-refractivity contribution < 1.29 is 14.4 Å². The van der Waals surface area contributed by atoms with Gasteiger partial charge in [0, 0.05) is 35.8 Å². The van der Waals surface area contributed by atoms with Crippen molar-refractivity contribution in [3.63, 3.8) is 0 Å². The number of carbonyl (C=O) groups is 3. The SMILES string of the molecule is C=CCNC(=O)C(NC(=O)c1ccccc1)C1CCN(C(=O)c2ccc(Cl)cc2)CC1. The summed E-state index contributed by atoms with van der Waals surface area (Å²) in [6.07, 6.45) is 2.82. The molecule has 0 radical (unpaired) electrons. The summed E-state index contributed by atoms with van der Waals surface area (Å²) in [5, 5.41) is 6.26. The summed E-state index contributed by atoms with van der Waals surface area (Å²) in [6, 6.07) is 14.9. The normalized spacial score (nSPS) is 15.1. The van der Waals surface area contributed by atoms with Crippen LogP contribution in [0.25, 0.3) is 0 Å². The van der Waals surface area contributed by atoms with Gasteiger partial charge in [0.15, 0.2) is 0 Å². The minimum atomic E-state index is -0.680. The molecule has 7 heteroatoms. The summed E-state index contributed by atoms with van der Waals surface area (Å²) in [7, 11) is 0. The molecule has 1 unspecified atom stereocenters. The highest BCUT2D eigenvalue weighted by Crippen LogP contribution is 2.23. The lowest BCUT2D eigenvalue weighted by Crippen LogP contribution is -2.53. The van der Waals surface area contributed by atoms with Crippen LogP contribution in [-0.4, -0.2) is 48.3 Å². The van der Waals surface area contributed by atoms with Crippen molar-refractivity contribution in [1.82, 2.24) is 15.5 Å². The van der Waals surface area contributed by atoms with Gasteiger partial charge in [0.2, 0.25) is 5.91 Å². The second kappa shape index (κ2) is 10.8. The molecular weight excluding hydrogens is 414 g/mol. The zero-order valence-corrected chi connectivity index (χ0v) is 18.0. The van der Waals surface area contributed by atoms with Crippen LogP contribution in [0.2, 0.25) is 5.02 Å². The molecule has 0 bridgehead atoms. The van der Waals surface area contributed by atoms with Gasteiger partial charge in [-0.1, -0.05) is 35.9 Å². The maximum absolute atomic E-state index is 12.8. The van der Waals surface area contributed by atoms with Gasteiger partial charge in [0.1, 0.15) is 6.04 Å². The number of rotatable bonds is 7. The summed E-state index contributed by atoms with van der Waals surface area (Å²) in [5.74, 6) is -0.673. The number of nitrogens with zero attached hydrogens (tertiary/aromatic N) is 1. The van der Waals surface area contributed by atoms with Crippen molar-refractivity contribution in [2.75, 3.05) is 19.6 Å². The number of halogens is 1. The first-order valence-corrected chi connectivity index (χ1v) is 10.7. The van der Waals surface area contributed by atoms with Gasteiger partial charge in [-0.15, -0.1) is 6.58 Å². The van der Waals surface area contributed by atoms with Crippen LogP contribution in [0.1, 0.15) is 33.6 Å². The quantitative estimate of drug-likeness (QED) is 0.650. The van der Waals surface area contributed by atoms with Crippen molar-refractivity contribution >= 4 is 29.3 Å². The van der Waals surface area contributed by atoms with Crippen molar-refractivity contribution in [3.05, 3.63) is 83.4 Å². The first-order valence-electron chi connectivity index (χ1n) is 10.3. The number of hydrogen-bond donors (Lipinski definition) is 2. The second-order valence-corrected chi connectivity index (χ2v) is 7.92. The first kappa shape index (κ1) is 22.6. The van der Waals surface area contributed by atoms with Gasteiger partial charge in [0.25, 0.3) is 11.8 Å². The number of hydrogen-bond acceptors (Lipinski definition) is 3. The van der Waals surface area contributed by atoms with Gasteiger partial charge < -0.3 is 15.5 Å². The molecule has 2 aromatic carbocycles. The minimum Gasteiger partial charge on any atom is -0.351 e. The topological polar surface area (TPSA) is 78.5 Å². The van der Waals surface area contributed by atoms with Gasteiger partial charge in [-0.05, 0) is 55.2 Å². The van der Waals surface area contributed by atoms with Crippen molar-refractivity contribution in [3.8, 4) is 0 Å². The van der Waals surface area contributed by atoms with Crippen LogP contribution in [0.4, 0.5) is 0 Å². The lowest BCUT2D eigenvalue weighted by Gasteiger charge is -2.35. The van der Waals surface area contributed by atoms with E-state index in [-0.39, 0.29) is 23.6 Å². The average Bonchev–Trinajstić information content (AvgIpc) is 2.81. The Labute approximate surface area is 187 Å². The predicted octanol–water partition coefficient (Wildman–Crippen LogP) is 3.29. The van der Waals surface area contributed by atoms with Gasteiger partial charge in [-0.25, -0.2) is 0 Å². The van der Waals surface area contributed by atoms with E-state index in [1.165, 1.54) is 0 Å². The van der Waals surface area contributed by atoms with Crippen LogP contribution < -0.4 is 10.6 Å². The summed E-state index contributed by atoms with van der Waals surface area (Å²) in [4.78, 5) is 40.0. The van der Waals surface area contributed by atoms with Crippen molar-refractivity contribution in [2.45, 2.75) is 18.9 Å². The number of nitrogens with one attached hydrogen (secondary N) is 2. The first-order chi connectivity index (χ1) is 15.0. The minimum absolute atomic E-state index is 0.0592. The highest BCUT2D eigenvalue weighted by atomic mass is 35.5. The van der Waals surface area contributed by atoms with E-state index in [0.717, 1.165) is 0 Å². The molecule has 2 aromatic rings. The molecule has 3 rings (SSSR count). The van der Waals surface area contributed by atoms with Crippen LogP contribution in [0, 0.1) is 5.92 Å². The second-order valence-electron chi connectivity index (χ2n) is 7.49. The van der Waals surface area contributed by atoms with E-state index in [1.54, 1.807) is 59.5 Å². The van der Waals surface area contributed by atoms with E-state index >= 15 is 0 Å². The molecule has 0 saturated carbocycles. The summed E-state index contributed by atoms with van der Waals surface area (Å²) in [5.41, 5.74) is 1.08. The standard InChI is InChI=1S/C24H26ClN3O3/c1-2-14-26-23(30)21(27-22(29)18-6-4-3-5-7-18)17-12-15-28(16-13-17)24(31)19-8-10-20(25)11-9-19/h2-11,17,21H,1,12-16H2,(H,26,30)(H,27,29). The number of likely N-dealkylation sites (tertiary alicyclic amines) is 1. The van der Waals surface area contributed by atoms with Crippen LogP contribution in [0.15, 0.2) is 67.3 Å². The lowest BCUT2D eigenvalue weighted by atomic mass is 9.88. The van der Waals surface area contributed by atoms with Gasteiger partial charge >= 0.3 is 0 Å². The Balaban J connectivity index is 1.66. The van der Waals surface area contributed by atoms with Crippen LogP contribution >= 0.6 is 11.6 Å². The smallest absolute Gasteiger partial charge is 0.253 e. The highest BCUT2D eigenvalue weighted by Gasteiger charge is 2.34. The molecule has 1 heterocycles. The summed E-state index contributed by atoms with van der Waals surface area (Å²) < 4.78 is 0. The Morgan fingerprint density at radius 2 is 1.68 bits per heavy atom. The fraction of sp³-hybridized carbons (Fsp3) is 0.292. The van der Waals surface area contributed by atoms with Crippen LogP contribution in [-0.2, 0) is 4.79 Å². The van der Waals surface area contributed by atoms with Gasteiger partial charge in [-0.2, -0.15) is 0 Å². The Kier molecular flexibility index (Phi) is 7.84. The zero-order chi connectivity index (χ0) is 22.2. The average molecular weight is 440 g/mol. The van der Waals surface area contributed by atoms with Gasteiger partial charge in [-0.3, -0.25) is 14.4 Å². The molecular formula is C24H26ClN3O3. The third kappa shape index (κ3) is 5.95. The van der Waals surface area contributed by atoms with Crippen LogP contribution in [0.5, 0.6) is 0 Å². The maximum atomic E-state index is 12.8. The maximum Gasteiger partial charge on any atom is 0.253 e. The fourth-order valence-corrected chi connectivity index (χ4v) is 3.83. The summed E-state index contributed by atoms with van der Waals surface area (Å²) >= 11 is 5.90. The summed E-state index contributed by atoms with van der Waals surface area (Å²) in [6.45, 7) is 4.97. The molecule has 6 nitrogen and oxygen atoms in total. The molecule has 1 saturated heterocycles. The highest BCUT2D eigenvalue weighted by molar-refractivity contribution is 6.30. The Hall–Kier alpha value is -3.12. The molecule has 1 atom stereocenters. The lowest BCUT2D eigenvalue weighted by molar-refractivity contribution is -0.124. The monoisotopic (exact) mass is 439 g/mol. The van der Waals surface area contributed by atoms with E-state index in [2.05, 4.69) is 17.2 Å². The molecule has 0 aliphatic carbocycles. The van der Waals surface area contributed by atoms with Crippen molar-refractivity contribution in [1.29, 1.82) is 0 Å². The van der Waals surface area contributed by atoms with E-state index in [9.17, 15) is 14.4 Å². The molecule has 2 N–H and O–H groups in total. The van der Waals surface area contributed by atoms with Crippen molar-refractivity contribution in [2.24, 2.45) is 5.92 Å². The molecule has 0 aromatic heterocycles. The molecule has 3 amide bonds. The molecule has 1 aliphatic rings. The predicted molar refractivity (Wildman–Crippen MR) is 121 cm³/mol. The zero-order valence-electron chi connectivity index (χ0n) is 17.2. The molecule has 1 aliphatic heterocycles. The third-order valence-electron chi connectivity index (χ3n) is 5.42. The number of carbonyl (C=O) groups excluding carboxylic acids is 3. The number of piperidine rings is 1. The molecule has 0 spiro atoms. The largest absolute Gasteiger partial charge is 0.351 e. The Morgan fingerprint density at radius 3 is 2.29 bits per heavy atom. The fourth-order valence-electron chi connectivity index (χ4n) is 3.71. The Bertz CT molecular complexity index is 923. The van der Waals surface area contributed by atoms with Crippen LogP contribution in [0.3, 0.4) is 0 Å². The molecule has 31 heavy (non-hydrogen) atoms. The van der Waals surface area contributed by atoms with Gasteiger partial charge in [0.05, 0.1) is 0 Å². The number of amides is 3. The third-order valence-corrected chi connectivity index (χ3v) is 5.67. The van der Waals surface area contributed by atoms with E-state index in [4.69, 9.17) is 11.6 Å². The van der Waals surface area contributed by atoms with E-state index < -0.39 is 6.04 Å². The Morgan fingerprint density at radius 1 is 1.03 bits per heavy atom.